The van der Waals surface area contributed by atoms with E-state index in [0.717, 1.165) is 4.88 Å². The fourth-order valence-corrected chi connectivity index (χ4v) is 2.43. The Bertz CT molecular complexity index is 489. The van der Waals surface area contributed by atoms with Crippen LogP contribution in [0.2, 0.25) is 0 Å². The van der Waals surface area contributed by atoms with Gasteiger partial charge in [0.1, 0.15) is 0 Å². The molecule has 0 saturated carbocycles. The topological polar surface area (TPSA) is 70.0 Å². The maximum absolute atomic E-state index is 12.1. The van der Waals surface area contributed by atoms with Crippen LogP contribution in [0.15, 0.2) is 12.1 Å². The van der Waals surface area contributed by atoms with Gasteiger partial charge in [-0.2, -0.15) is 0 Å². The molecule has 1 unspecified atom stereocenters. The number of aliphatic hydroxyl groups excluding tert-OH is 2. The van der Waals surface area contributed by atoms with E-state index in [-0.39, 0.29) is 25.7 Å². The molecule has 20 heavy (non-hydrogen) atoms. The molecular weight excluding hydrogens is 278 g/mol. The van der Waals surface area contributed by atoms with Crippen LogP contribution >= 0.6 is 11.3 Å². The minimum absolute atomic E-state index is 0.0320. The molecule has 6 heteroatoms. The molecule has 1 aromatic rings. The Morgan fingerprint density at radius 2 is 2.30 bits per heavy atom. The lowest BCUT2D eigenvalue weighted by atomic mass is 10.3. The molecule has 0 aliphatic rings. The second kappa shape index (κ2) is 8.72. The number of thiophene rings is 1. The van der Waals surface area contributed by atoms with Crippen LogP contribution in [0.25, 0.3) is 0 Å². The molecule has 2 N–H and O–H groups in total. The Morgan fingerprint density at radius 1 is 1.55 bits per heavy atom. The van der Waals surface area contributed by atoms with Crippen LogP contribution in [0.3, 0.4) is 0 Å². The van der Waals surface area contributed by atoms with E-state index in [2.05, 4.69) is 11.8 Å². The highest BCUT2D eigenvalue weighted by atomic mass is 32.1. The van der Waals surface area contributed by atoms with Crippen molar-refractivity contribution in [1.29, 1.82) is 0 Å². The van der Waals surface area contributed by atoms with Gasteiger partial charge in [-0.25, -0.2) is 0 Å². The Labute approximate surface area is 122 Å². The van der Waals surface area contributed by atoms with Gasteiger partial charge in [-0.3, -0.25) is 4.79 Å². The van der Waals surface area contributed by atoms with Crippen LogP contribution in [0.4, 0.5) is 0 Å². The van der Waals surface area contributed by atoms with Crippen molar-refractivity contribution < 1.29 is 19.7 Å². The first-order chi connectivity index (χ1) is 9.58. The standard InChI is InChI=1S/C14H19NO4S/c1-15(9-11(17)10-19-2)14(18)13-7-6-12(20-13)5-3-4-8-16/h6-7,11,16-17H,4,8-10H2,1-2H3. The number of aliphatic hydroxyl groups is 2. The summed E-state index contributed by atoms with van der Waals surface area (Å²) in [7, 11) is 3.14. The fourth-order valence-electron chi connectivity index (χ4n) is 1.56. The summed E-state index contributed by atoms with van der Waals surface area (Å²) in [6, 6.07) is 3.50. The van der Waals surface area contributed by atoms with Crippen molar-refractivity contribution in [3.05, 3.63) is 21.9 Å². The third-order valence-corrected chi connectivity index (χ3v) is 3.44. The molecule has 1 heterocycles. The van der Waals surface area contributed by atoms with Gasteiger partial charge in [0, 0.05) is 27.1 Å². The molecule has 0 aliphatic heterocycles. The van der Waals surface area contributed by atoms with E-state index < -0.39 is 6.10 Å². The van der Waals surface area contributed by atoms with Crippen LogP contribution in [0.5, 0.6) is 0 Å². The van der Waals surface area contributed by atoms with E-state index in [9.17, 15) is 9.90 Å². The number of likely N-dealkylation sites (N-methyl/N-ethyl adjacent to an activating group) is 1. The Balaban J connectivity index is 2.61. The number of ether oxygens (including phenoxy) is 1. The van der Waals surface area contributed by atoms with E-state index >= 15 is 0 Å². The first-order valence-corrected chi connectivity index (χ1v) is 7.02. The number of hydrogen-bond donors (Lipinski definition) is 2. The summed E-state index contributed by atoms with van der Waals surface area (Å²) in [6.45, 7) is 0.445. The zero-order valence-electron chi connectivity index (χ0n) is 11.6. The van der Waals surface area contributed by atoms with Crippen molar-refractivity contribution in [2.45, 2.75) is 12.5 Å². The predicted octanol–water partition coefficient (Wildman–Crippen LogP) is 0.561. The van der Waals surface area contributed by atoms with Gasteiger partial charge < -0.3 is 19.8 Å². The van der Waals surface area contributed by atoms with Gasteiger partial charge in [-0.05, 0) is 12.1 Å². The molecule has 0 aromatic carbocycles. The molecule has 0 fully saturated rings. The predicted molar refractivity (Wildman–Crippen MR) is 77.7 cm³/mol. The van der Waals surface area contributed by atoms with Crippen molar-refractivity contribution in [2.24, 2.45) is 0 Å². The van der Waals surface area contributed by atoms with Crippen LogP contribution in [-0.4, -0.2) is 61.0 Å². The number of amides is 1. The SMILES string of the molecule is COCC(O)CN(C)C(=O)c1ccc(C#CCCO)s1. The lowest BCUT2D eigenvalue weighted by molar-refractivity contribution is 0.0382. The van der Waals surface area contributed by atoms with E-state index in [1.54, 1.807) is 19.2 Å². The second-order valence-corrected chi connectivity index (χ2v) is 5.32. The third kappa shape index (κ3) is 5.31. The monoisotopic (exact) mass is 297 g/mol. The molecule has 1 atom stereocenters. The maximum Gasteiger partial charge on any atom is 0.263 e. The van der Waals surface area contributed by atoms with Crippen molar-refractivity contribution >= 4 is 17.2 Å². The highest BCUT2D eigenvalue weighted by Crippen LogP contribution is 2.17. The summed E-state index contributed by atoms with van der Waals surface area (Å²) >= 11 is 1.30. The quantitative estimate of drug-likeness (QED) is 0.753. The van der Waals surface area contributed by atoms with Crippen LogP contribution < -0.4 is 0 Å². The molecule has 1 amide bonds. The molecule has 0 radical (unpaired) electrons. The molecule has 0 saturated heterocycles. The van der Waals surface area contributed by atoms with Gasteiger partial charge in [-0.1, -0.05) is 11.8 Å². The van der Waals surface area contributed by atoms with Crippen LogP contribution in [0, 0.1) is 11.8 Å². The molecule has 1 aromatic heterocycles. The second-order valence-electron chi connectivity index (χ2n) is 4.23. The first kappa shape index (κ1) is 16.7. The lowest BCUT2D eigenvalue weighted by Crippen LogP contribution is -2.35. The Kier molecular flexibility index (Phi) is 7.26. The van der Waals surface area contributed by atoms with Crippen molar-refractivity contribution in [3.8, 4) is 11.8 Å². The molecule has 0 aliphatic carbocycles. The molecule has 1 rings (SSSR count). The van der Waals surface area contributed by atoms with Gasteiger partial charge in [0.05, 0.1) is 29.1 Å². The Hall–Kier alpha value is -1.39. The fraction of sp³-hybridized carbons (Fsp3) is 0.500. The normalized spacial score (nSPS) is 11.6. The van der Waals surface area contributed by atoms with Gasteiger partial charge in [-0.15, -0.1) is 11.3 Å². The number of nitrogens with zero attached hydrogens (tertiary/aromatic N) is 1. The minimum atomic E-state index is -0.697. The third-order valence-electron chi connectivity index (χ3n) is 2.46. The van der Waals surface area contributed by atoms with Crippen molar-refractivity contribution in [3.63, 3.8) is 0 Å². The number of carbonyl (C=O) groups is 1. The van der Waals surface area contributed by atoms with Crippen molar-refractivity contribution in [2.75, 3.05) is 33.9 Å². The van der Waals surface area contributed by atoms with E-state index in [4.69, 9.17) is 9.84 Å². The minimum Gasteiger partial charge on any atom is -0.395 e. The summed E-state index contributed by atoms with van der Waals surface area (Å²) in [5, 5.41) is 18.2. The number of methoxy groups -OCH3 is 1. The van der Waals surface area contributed by atoms with Gasteiger partial charge in [0.25, 0.3) is 5.91 Å². The molecule has 5 nitrogen and oxygen atoms in total. The largest absolute Gasteiger partial charge is 0.395 e. The van der Waals surface area contributed by atoms with Gasteiger partial charge in [0.2, 0.25) is 0 Å². The van der Waals surface area contributed by atoms with Gasteiger partial charge in [0.15, 0.2) is 0 Å². The van der Waals surface area contributed by atoms with Crippen LogP contribution in [-0.2, 0) is 4.74 Å². The number of rotatable bonds is 6. The smallest absolute Gasteiger partial charge is 0.263 e. The summed E-state index contributed by atoms with van der Waals surface area (Å²) < 4.78 is 4.82. The van der Waals surface area contributed by atoms with Gasteiger partial charge >= 0.3 is 0 Å². The summed E-state index contributed by atoms with van der Waals surface area (Å²) in [4.78, 5) is 14.9. The van der Waals surface area contributed by atoms with E-state index in [0.29, 0.717) is 11.3 Å². The molecular formula is C14H19NO4S. The lowest BCUT2D eigenvalue weighted by Gasteiger charge is -2.19. The van der Waals surface area contributed by atoms with E-state index in [1.165, 1.54) is 23.3 Å². The zero-order chi connectivity index (χ0) is 15.0. The molecule has 110 valence electrons. The van der Waals surface area contributed by atoms with Crippen molar-refractivity contribution in [1.82, 2.24) is 4.90 Å². The van der Waals surface area contributed by atoms with Crippen LogP contribution in [0.1, 0.15) is 21.0 Å². The highest BCUT2D eigenvalue weighted by Gasteiger charge is 2.16. The zero-order valence-corrected chi connectivity index (χ0v) is 12.4. The highest BCUT2D eigenvalue weighted by molar-refractivity contribution is 7.14. The average Bonchev–Trinajstić information content (AvgIpc) is 2.87. The van der Waals surface area contributed by atoms with E-state index in [1.807, 2.05) is 0 Å². The number of hydrogen-bond acceptors (Lipinski definition) is 5. The summed E-state index contributed by atoms with van der Waals surface area (Å²) in [5.41, 5.74) is 0. The summed E-state index contributed by atoms with van der Waals surface area (Å²) in [6.07, 6.45) is -0.276. The summed E-state index contributed by atoms with van der Waals surface area (Å²) in [5.74, 6) is 5.55. The first-order valence-electron chi connectivity index (χ1n) is 6.20. The molecule has 0 bridgehead atoms. The Morgan fingerprint density at radius 3 is 2.95 bits per heavy atom. The average molecular weight is 297 g/mol. The number of carbonyl (C=O) groups excluding carboxylic acids is 1. The molecule has 0 spiro atoms. The maximum atomic E-state index is 12.1.